The van der Waals surface area contributed by atoms with E-state index in [9.17, 15) is 9.59 Å². The van der Waals surface area contributed by atoms with E-state index in [0.29, 0.717) is 11.3 Å². The molecule has 5 nitrogen and oxygen atoms in total. The van der Waals surface area contributed by atoms with Gasteiger partial charge in [0.2, 0.25) is 5.91 Å². The third-order valence-corrected chi connectivity index (χ3v) is 3.31. The van der Waals surface area contributed by atoms with Gasteiger partial charge in [0.1, 0.15) is 6.04 Å². The minimum absolute atomic E-state index is 0.0665. The number of methoxy groups -OCH3 is 1. The predicted octanol–water partition coefficient (Wildman–Crippen LogP) is 2.03. The molecule has 0 aromatic heterocycles. The van der Waals surface area contributed by atoms with Crippen molar-refractivity contribution in [2.75, 3.05) is 17.3 Å². The summed E-state index contributed by atoms with van der Waals surface area (Å²) in [5.41, 5.74) is 1.86. The molecule has 102 valence electrons. The van der Waals surface area contributed by atoms with Gasteiger partial charge in [-0.15, -0.1) is 0 Å². The van der Waals surface area contributed by atoms with Crippen molar-refractivity contribution in [1.82, 2.24) is 0 Å². The van der Waals surface area contributed by atoms with Crippen LogP contribution in [0.3, 0.4) is 0 Å². The van der Waals surface area contributed by atoms with Crippen LogP contribution in [-0.4, -0.2) is 31.1 Å². The zero-order valence-electron chi connectivity index (χ0n) is 11.6. The van der Waals surface area contributed by atoms with Crippen LogP contribution in [-0.2, 0) is 9.53 Å². The second kappa shape index (κ2) is 4.91. The molecule has 0 saturated heterocycles. The second-order valence-corrected chi connectivity index (χ2v) is 4.86. The number of hydrogen-bond donors (Lipinski definition) is 1. The summed E-state index contributed by atoms with van der Waals surface area (Å²) < 4.78 is 4.81. The molecule has 1 aliphatic rings. The molecule has 1 heterocycles. The highest BCUT2D eigenvalue weighted by molar-refractivity contribution is 6.09. The van der Waals surface area contributed by atoms with E-state index in [2.05, 4.69) is 5.32 Å². The van der Waals surface area contributed by atoms with E-state index in [-0.39, 0.29) is 18.0 Å². The van der Waals surface area contributed by atoms with Gasteiger partial charge in [-0.05, 0) is 32.9 Å². The number of esters is 1. The van der Waals surface area contributed by atoms with Crippen molar-refractivity contribution in [2.24, 2.45) is 0 Å². The second-order valence-electron chi connectivity index (χ2n) is 4.86. The number of benzene rings is 1. The molecular weight excluding hydrogens is 244 g/mol. The number of nitrogens with zero attached hydrogens (tertiary/aromatic N) is 1. The first-order valence-corrected chi connectivity index (χ1v) is 6.28. The van der Waals surface area contributed by atoms with Gasteiger partial charge in [-0.2, -0.15) is 0 Å². The first-order chi connectivity index (χ1) is 8.97. The summed E-state index contributed by atoms with van der Waals surface area (Å²) in [5, 5.41) is 2.83. The Morgan fingerprint density at radius 2 is 2.11 bits per heavy atom. The third kappa shape index (κ3) is 2.16. The van der Waals surface area contributed by atoms with Gasteiger partial charge in [0.25, 0.3) is 0 Å². The topological polar surface area (TPSA) is 58.6 Å². The van der Waals surface area contributed by atoms with E-state index in [1.54, 1.807) is 18.2 Å². The van der Waals surface area contributed by atoms with E-state index < -0.39 is 5.97 Å². The van der Waals surface area contributed by atoms with Crippen molar-refractivity contribution in [3.8, 4) is 0 Å². The van der Waals surface area contributed by atoms with Crippen molar-refractivity contribution < 1.29 is 14.3 Å². The molecular formula is C14H18N2O3. The minimum Gasteiger partial charge on any atom is -0.465 e. The lowest BCUT2D eigenvalue weighted by Gasteiger charge is -2.40. The number of nitrogens with one attached hydrogen (secondary N) is 1. The minimum atomic E-state index is -0.397. The molecule has 2 rings (SSSR count). The Morgan fingerprint density at radius 1 is 1.42 bits per heavy atom. The Morgan fingerprint density at radius 3 is 2.68 bits per heavy atom. The summed E-state index contributed by atoms with van der Waals surface area (Å²) in [7, 11) is 1.35. The lowest BCUT2D eigenvalue weighted by Crippen LogP contribution is -2.50. The van der Waals surface area contributed by atoms with Gasteiger partial charge in [-0.25, -0.2) is 4.79 Å². The Hall–Kier alpha value is -2.04. The smallest absolute Gasteiger partial charge is 0.340 e. The summed E-state index contributed by atoms with van der Waals surface area (Å²) in [6.45, 7) is 5.81. The Balaban J connectivity index is 2.63. The van der Waals surface area contributed by atoms with Gasteiger partial charge >= 0.3 is 5.97 Å². The van der Waals surface area contributed by atoms with Crippen LogP contribution in [0.25, 0.3) is 0 Å². The van der Waals surface area contributed by atoms with Crippen molar-refractivity contribution in [1.29, 1.82) is 0 Å². The molecule has 1 amide bonds. The summed E-state index contributed by atoms with van der Waals surface area (Å²) in [4.78, 5) is 25.8. The fourth-order valence-electron chi connectivity index (χ4n) is 2.46. The van der Waals surface area contributed by atoms with Crippen molar-refractivity contribution in [3.63, 3.8) is 0 Å². The number of fused-ring (bicyclic) bond motifs is 1. The lowest BCUT2D eigenvalue weighted by molar-refractivity contribution is -0.117. The third-order valence-electron chi connectivity index (χ3n) is 3.31. The predicted molar refractivity (Wildman–Crippen MR) is 73.5 cm³/mol. The molecule has 0 fully saturated rings. The monoisotopic (exact) mass is 262 g/mol. The SMILES string of the molecule is COC(=O)c1cccc2c1N(C(C)C)C(C)C(=O)N2. The number of para-hydroxylation sites is 1. The van der Waals surface area contributed by atoms with Crippen LogP contribution in [0.5, 0.6) is 0 Å². The maximum absolute atomic E-state index is 12.0. The number of amides is 1. The van der Waals surface area contributed by atoms with Crippen molar-refractivity contribution >= 4 is 23.3 Å². The number of carbonyl (C=O) groups is 2. The molecule has 0 saturated carbocycles. The molecule has 19 heavy (non-hydrogen) atoms. The van der Waals surface area contributed by atoms with Gasteiger partial charge in [0, 0.05) is 6.04 Å². The first kappa shape index (κ1) is 13.4. The molecule has 0 radical (unpaired) electrons. The normalized spacial score (nSPS) is 18.1. The van der Waals surface area contributed by atoms with E-state index in [1.807, 2.05) is 25.7 Å². The van der Waals surface area contributed by atoms with Gasteiger partial charge < -0.3 is 15.0 Å². The summed E-state index contributed by atoms with van der Waals surface area (Å²) in [6.07, 6.45) is 0. The van der Waals surface area contributed by atoms with E-state index in [0.717, 1.165) is 5.69 Å². The summed E-state index contributed by atoms with van der Waals surface area (Å²) in [6, 6.07) is 5.02. The molecule has 1 aromatic rings. The number of carbonyl (C=O) groups excluding carboxylic acids is 2. The standard InChI is InChI=1S/C14H18N2O3/c1-8(2)16-9(3)13(17)15-11-7-5-6-10(12(11)16)14(18)19-4/h5-9H,1-4H3,(H,15,17). The highest BCUT2D eigenvalue weighted by Gasteiger charge is 2.34. The number of anilines is 2. The quantitative estimate of drug-likeness (QED) is 0.828. The van der Waals surface area contributed by atoms with Gasteiger partial charge in [-0.3, -0.25) is 4.79 Å². The maximum atomic E-state index is 12.0. The van der Waals surface area contributed by atoms with Crippen LogP contribution in [0.15, 0.2) is 18.2 Å². The molecule has 1 aliphatic heterocycles. The van der Waals surface area contributed by atoms with Gasteiger partial charge in [0.15, 0.2) is 0 Å². The molecule has 0 spiro atoms. The van der Waals surface area contributed by atoms with Crippen molar-refractivity contribution in [3.05, 3.63) is 23.8 Å². The Labute approximate surface area is 112 Å². The van der Waals surface area contributed by atoms with E-state index in [4.69, 9.17) is 4.74 Å². The Bertz CT molecular complexity index is 525. The molecule has 0 bridgehead atoms. The highest BCUT2D eigenvalue weighted by atomic mass is 16.5. The highest BCUT2D eigenvalue weighted by Crippen LogP contribution is 2.37. The van der Waals surface area contributed by atoms with Gasteiger partial charge in [-0.1, -0.05) is 6.07 Å². The number of ether oxygens (including phenoxy) is 1. The van der Waals surface area contributed by atoms with Crippen LogP contribution < -0.4 is 10.2 Å². The molecule has 1 aromatic carbocycles. The first-order valence-electron chi connectivity index (χ1n) is 6.28. The summed E-state index contributed by atoms with van der Waals surface area (Å²) >= 11 is 0. The average molecular weight is 262 g/mol. The fourth-order valence-corrected chi connectivity index (χ4v) is 2.46. The van der Waals surface area contributed by atoms with Gasteiger partial charge in [0.05, 0.1) is 24.0 Å². The van der Waals surface area contributed by atoms with Crippen LogP contribution in [0.1, 0.15) is 31.1 Å². The zero-order chi connectivity index (χ0) is 14.2. The van der Waals surface area contributed by atoms with Crippen LogP contribution in [0.2, 0.25) is 0 Å². The fraction of sp³-hybridized carbons (Fsp3) is 0.429. The molecule has 1 atom stereocenters. The lowest BCUT2D eigenvalue weighted by atomic mass is 10.0. The zero-order valence-corrected chi connectivity index (χ0v) is 11.6. The number of rotatable bonds is 2. The Kier molecular flexibility index (Phi) is 3.46. The maximum Gasteiger partial charge on any atom is 0.340 e. The van der Waals surface area contributed by atoms with Crippen LogP contribution in [0.4, 0.5) is 11.4 Å². The van der Waals surface area contributed by atoms with Crippen LogP contribution in [0, 0.1) is 0 Å². The van der Waals surface area contributed by atoms with E-state index >= 15 is 0 Å². The molecule has 5 heteroatoms. The van der Waals surface area contributed by atoms with Crippen LogP contribution >= 0.6 is 0 Å². The van der Waals surface area contributed by atoms with Crippen molar-refractivity contribution in [2.45, 2.75) is 32.9 Å². The molecule has 0 aliphatic carbocycles. The summed E-state index contributed by atoms with van der Waals surface area (Å²) in [5.74, 6) is -0.464. The van der Waals surface area contributed by atoms with E-state index in [1.165, 1.54) is 7.11 Å². The largest absolute Gasteiger partial charge is 0.465 e. The average Bonchev–Trinajstić information content (AvgIpc) is 2.38. The molecule has 1 N–H and O–H groups in total. The number of hydrogen-bond acceptors (Lipinski definition) is 4. The molecule has 1 unspecified atom stereocenters.